The Morgan fingerprint density at radius 3 is 2.52 bits per heavy atom. The molecule has 0 spiro atoms. The summed E-state index contributed by atoms with van der Waals surface area (Å²) in [7, 11) is 0. The molecule has 8 heteroatoms. The Morgan fingerprint density at radius 2 is 1.83 bits per heavy atom. The average Bonchev–Trinajstić information content (AvgIpc) is 3.06. The summed E-state index contributed by atoms with van der Waals surface area (Å²) >= 11 is 0. The van der Waals surface area contributed by atoms with Gasteiger partial charge in [0.15, 0.2) is 5.76 Å². The fourth-order valence-corrected chi connectivity index (χ4v) is 2.83. The second-order valence-electron chi connectivity index (χ2n) is 6.67. The van der Waals surface area contributed by atoms with Crippen LogP contribution < -0.4 is 5.32 Å². The highest BCUT2D eigenvalue weighted by Gasteiger charge is 2.19. The number of nitrogens with zero attached hydrogens (tertiary/aromatic N) is 5. The first kappa shape index (κ1) is 18.7. The van der Waals surface area contributed by atoms with Crippen LogP contribution in [0.5, 0.6) is 0 Å². The van der Waals surface area contributed by atoms with Crippen molar-refractivity contribution in [3.8, 4) is 22.7 Å². The molecule has 0 saturated carbocycles. The number of rotatable bonds is 5. The van der Waals surface area contributed by atoms with Gasteiger partial charge in [-0.05, 0) is 26.8 Å². The van der Waals surface area contributed by atoms with E-state index in [4.69, 9.17) is 4.52 Å². The molecule has 0 fully saturated rings. The summed E-state index contributed by atoms with van der Waals surface area (Å²) in [6.45, 7) is 5.92. The van der Waals surface area contributed by atoms with Crippen LogP contribution in [0.15, 0.2) is 47.4 Å². The predicted molar refractivity (Wildman–Crippen MR) is 106 cm³/mol. The number of aryl methyl sites for hydroxylation is 2. The van der Waals surface area contributed by atoms with Crippen LogP contribution in [0.4, 0.5) is 10.3 Å². The number of benzene rings is 1. The molecule has 0 amide bonds. The van der Waals surface area contributed by atoms with Gasteiger partial charge >= 0.3 is 0 Å². The van der Waals surface area contributed by atoms with Crippen LogP contribution in [0.2, 0.25) is 0 Å². The molecule has 0 radical (unpaired) electrons. The van der Waals surface area contributed by atoms with Crippen molar-refractivity contribution in [2.24, 2.45) is 0 Å². The highest BCUT2D eigenvalue weighted by molar-refractivity contribution is 5.77. The van der Waals surface area contributed by atoms with E-state index in [1.165, 1.54) is 6.07 Å². The molecule has 4 rings (SSSR count). The van der Waals surface area contributed by atoms with Gasteiger partial charge in [-0.3, -0.25) is 9.97 Å². The quantitative estimate of drug-likeness (QED) is 0.544. The first-order valence-electron chi connectivity index (χ1n) is 9.09. The summed E-state index contributed by atoms with van der Waals surface area (Å²) in [6, 6.07) is 6.57. The molecule has 0 aliphatic rings. The van der Waals surface area contributed by atoms with Crippen LogP contribution in [0.1, 0.15) is 22.5 Å². The zero-order chi connectivity index (χ0) is 20.4. The van der Waals surface area contributed by atoms with Gasteiger partial charge in [0.1, 0.15) is 17.2 Å². The van der Waals surface area contributed by atoms with E-state index in [0.29, 0.717) is 34.2 Å². The van der Waals surface area contributed by atoms with E-state index < -0.39 is 0 Å². The van der Waals surface area contributed by atoms with Crippen molar-refractivity contribution in [1.29, 1.82) is 0 Å². The molecule has 0 atom stereocenters. The highest BCUT2D eigenvalue weighted by atomic mass is 19.1. The topological polar surface area (TPSA) is 89.6 Å². The van der Waals surface area contributed by atoms with Gasteiger partial charge in [0, 0.05) is 30.1 Å². The second kappa shape index (κ2) is 7.75. The van der Waals surface area contributed by atoms with Crippen LogP contribution in [0.3, 0.4) is 0 Å². The average molecular weight is 390 g/mol. The summed E-state index contributed by atoms with van der Waals surface area (Å²) in [5, 5.41) is 7.09. The van der Waals surface area contributed by atoms with Crippen molar-refractivity contribution in [3.05, 3.63) is 71.2 Å². The van der Waals surface area contributed by atoms with Crippen molar-refractivity contribution >= 4 is 5.95 Å². The number of hydrogen-bond donors (Lipinski definition) is 1. The lowest BCUT2D eigenvalue weighted by Crippen LogP contribution is -2.07. The molecule has 0 bridgehead atoms. The molecule has 3 aromatic heterocycles. The summed E-state index contributed by atoms with van der Waals surface area (Å²) in [6.07, 6.45) is 4.98. The maximum Gasteiger partial charge on any atom is 0.223 e. The Morgan fingerprint density at radius 1 is 1.00 bits per heavy atom. The SMILES string of the molecule is Cc1cnc(-c2nc(NCc3ccccc3F)ncc2-c2onc(C)c2C)cn1. The summed E-state index contributed by atoms with van der Waals surface area (Å²) < 4.78 is 19.4. The third-order valence-corrected chi connectivity index (χ3v) is 4.61. The monoisotopic (exact) mass is 390 g/mol. The standard InChI is InChI=1S/C21H19FN6O/c1-12-8-24-18(11-23-12)19-16(20-13(2)14(3)28-29-20)10-26-21(27-19)25-9-15-6-4-5-7-17(15)22/h4-8,10-11H,9H2,1-3H3,(H,25,26,27). The zero-order valence-corrected chi connectivity index (χ0v) is 16.3. The van der Waals surface area contributed by atoms with E-state index in [-0.39, 0.29) is 12.4 Å². The zero-order valence-electron chi connectivity index (χ0n) is 16.3. The minimum absolute atomic E-state index is 0.255. The number of aromatic nitrogens is 5. The van der Waals surface area contributed by atoms with E-state index in [0.717, 1.165) is 17.0 Å². The summed E-state index contributed by atoms with van der Waals surface area (Å²) in [4.78, 5) is 17.7. The molecular formula is C21H19FN6O. The summed E-state index contributed by atoms with van der Waals surface area (Å²) in [5.41, 5.74) is 4.83. The molecule has 1 N–H and O–H groups in total. The number of anilines is 1. The van der Waals surface area contributed by atoms with Crippen LogP contribution in [-0.4, -0.2) is 25.1 Å². The number of nitrogens with one attached hydrogen (secondary N) is 1. The Hall–Kier alpha value is -3.68. The predicted octanol–water partition coefficient (Wildman–Crippen LogP) is 4.27. The van der Waals surface area contributed by atoms with Gasteiger partial charge in [0.05, 0.1) is 23.1 Å². The highest BCUT2D eigenvalue weighted by Crippen LogP contribution is 2.32. The lowest BCUT2D eigenvalue weighted by atomic mass is 10.1. The molecular weight excluding hydrogens is 371 g/mol. The van der Waals surface area contributed by atoms with E-state index >= 15 is 0 Å². The van der Waals surface area contributed by atoms with Crippen LogP contribution in [-0.2, 0) is 6.54 Å². The second-order valence-corrected chi connectivity index (χ2v) is 6.67. The fourth-order valence-electron chi connectivity index (χ4n) is 2.83. The first-order valence-corrected chi connectivity index (χ1v) is 9.09. The van der Waals surface area contributed by atoms with Gasteiger partial charge in [-0.25, -0.2) is 14.4 Å². The largest absolute Gasteiger partial charge is 0.356 e. The molecule has 7 nitrogen and oxygen atoms in total. The maximum atomic E-state index is 13.9. The van der Waals surface area contributed by atoms with Crippen LogP contribution in [0, 0.1) is 26.6 Å². The molecule has 29 heavy (non-hydrogen) atoms. The minimum Gasteiger partial charge on any atom is -0.356 e. The van der Waals surface area contributed by atoms with Crippen LogP contribution in [0.25, 0.3) is 22.7 Å². The van der Waals surface area contributed by atoms with Crippen molar-refractivity contribution in [3.63, 3.8) is 0 Å². The molecule has 0 aliphatic heterocycles. The smallest absolute Gasteiger partial charge is 0.223 e. The Labute approximate surface area is 167 Å². The fraction of sp³-hybridized carbons (Fsp3) is 0.190. The molecule has 146 valence electrons. The van der Waals surface area contributed by atoms with Gasteiger partial charge in [-0.15, -0.1) is 0 Å². The van der Waals surface area contributed by atoms with Gasteiger partial charge < -0.3 is 9.84 Å². The van der Waals surface area contributed by atoms with E-state index in [1.54, 1.807) is 36.8 Å². The number of hydrogen-bond acceptors (Lipinski definition) is 7. The Balaban J connectivity index is 1.74. The molecule has 3 heterocycles. The van der Waals surface area contributed by atoms with Crippen molar-refractivity contribution in [2.45, 2.75) is 27.3 Å². The number of halogens is 1. The van der Waals surface area contributed by atoms with Gasteiger partial charge in [0.2, 0.25) is 5.95 Å². The molecule has 0 saturated heterocycles. The normalized spacial score (nSPS) is 10.9. The Bertz CT molecular complexity index is 1160. The van der Waals surface area contributed by atoms with Gasteiger partial charge in [-0.1, -0.05) is 23.4 Å². The third-order valence-electron chi connectivity index (χ3n) is 4.61. The molecule has 0 aliphatic carbocycles. The molecule has 0 unspecified atom stereocenters. The lowest BCUT2D eigenvalue weighted by Gasteiger charge is -2.10. The van der Waals surface area contributed by atoms with E-state index in [1.807, 2.05) is 20.8 Å². The van der Waals surface area contributed by atoms with E-state index in [9.17, 15) is 4.39 Å². The summed E-state index contributed by atoms with van der Waals surface area (Å²) in [5.74, 6) is 0.651. The lowest BCUT2D eigenvalue weighted by molar-refractivity contribution is 0.426. The van der Waals surface area contributed by atoms with Crippen molar-refractivity contribution in [1.82, 2.24) is 25.1 Å². The van der Waals surface area contributed by atoms with Gasteiger partial charge in [0.25, 0.3) is 0 Å². The van der Waals surface area contributed by atoms with E-state index in [2.05, 4.69) is 30.4 Å². The van der Waals surface area contributed by atoms with Crippen molar-refractivity contribution in [2.75, 3.05) is 5.32 Å². The first-order chi connectivity index (χ1) is 14.0. The molecule has 1 aromatic carbocycles. The minimum atomic E-state index is -0.283. The van der Waals surface area contributed by atoms with Gasteiger partial charge in [-0.2, -0.15) is 0 Å². The third kappa shape index (κ3) is 3.82. The van der Waals surface area contributed by atoms with Crippen molar-refractivity contribution < 1.29 is 8.91 Å². The van der Waals surface area contributed by atoms with Crippen LogP contribution >= 0.6 is 0 Å². The molecule has 4 aromatic rings. The Kier molecular flexibility index (Phi) is 4.99. The maximum absolute atomic E-state index is 13.9.